The van der Waals surface area contributed by atoms with Gasteiger partial charge in [0.1, 0.15) is 4.90 Å². The molecular weight excluding hydrogens is 978 g/mol. The minimum absolute atomic E-state index is 0.184. The summed E-state index contributed by atoms with van der Waals surface area (Å²) < 4.78 is 257. The summed E-state index contributed by atoms with van der Waals surface area (Å²) in [5, 5.41) is 49.8. The third-order valence-electron chi connectivity index (χ3n) is 5.50. The molecule has 3 aromatic carbocycles. The first-order valence-corrected chi connectivity index (χ1v) is 21.5. The molecule has 0 aliphatic rings. The molecule has 0 heterocycles. The average molecular weight is 1000 g/mol. The van der Waals surface area contributed by atoms with Crippen LogP contribution in [0.15, 0.2) is 24.5 Å². The van der Waals surface area contributed by atoms with Crippen LogP contribution in [0.3, 0.4) is 0 Å². The molecule has 0 bridgehead atoms. The minimum atomic E-state index is -5.16. The van der Waals surface area contributed by atoms with E-state index in [4.69, 9.17) is 25.8 Å². The van der Waals surface area contributed by atoms with Gasteiger partial charge in [-0.3, -0.25) is 10.5 Å². The molecule has 0 saturated heterocycles. The second-order valence-corrected chi connectivity index (χ2v) is 17.5. The van der Waals surface area contributed by atoms with Crippen molar-refractivity contribution in [3.05, 3.63) is 75.6 Å². The van der Waals surface area contributed by atoms with Gasteiger partial charge in [-0.1, -0.05) is 0 Å². The predicted octanol–water partition coefficient (Wildman–Crippen LogP) is 1.59. The molecule has 59 heavy (non-hydrogen) atoms. The van der Waals surface area contributed by atoms with E-state index in [9.17, 15) is 90.7 Å². The molecule has 0 aliphatic heterocycles. The smallest absolute Gasteiger partial charge is 0.244 e. The molecule has 0 aromatic heterocycles. The molecule has 11 N–H and O–H groups in total. The van der Waals surface area contributed by atoms with Crippen LogP contribution < -0.4 is 15.4 Å². The van der Waals surface area contributed by atoms with Gasteiger partial charge in [-0.2, -0.15) is 12.6 Å². The first-order chi connectivity index (χ1) is 26.8. The van der Waals surface area contributed by atoms with E-state index in [1.807, 2.05) is 0 Å². The van der Waals surface area contributed by atoms with Crippen LogP contribution in [0.4, 0.5) is 57.1 Å². The van der Waals surface area contributed by atoms with Crippen LogP contribution in [0.5, 0.6) is 0 Å². The standard InChI is InChI=1S/C8H7F4NO5S2.C8H7F4NO3S2.C6H2F5NO2S.C2H6OS.H2O2/c9-3-5(11)8(20(13,17)18)6(12)4(10)7(3)19(15,16)2-1-14;9-3-5(11)8(18(13,15)16)6(12)4(10)7(3)17-2-1-14;7-1-2(8)4(10)6(15(12,13)14)5(11)3(1)9;3-1-2-4;1-2/h14H,1-2H2,(H2,13,17,18);14H,1-2H2,(H2,13,15,16);(H2,12,13,14);3-4H,1-2H2;1-2H. The van der Waals surface area contributed by atoms with E-state index in [-0.39, 0.29) is 12.4 Å². The summed E-state index contributed by atoms with van der Waals surface area (Å²) in [6, 6.07) is 0. The molecule has 0 amide bonds. The molecule has 0 aliphatic carbocycles. The molecule has 340 valence electrons. The number of hydrogen-bond acceptors (Lipinski definition) is 15. The van der Waals surface area contributed by atoms with Crippen molar-refractivity contribution >= 4 is 64.3 Å². The molecule has 35 heteroatoms. The molecule has 0 saturated carbocycles. The van der Waals surface area contributed by atoms with Gasteiger partial charge in [0.2, 0.25) is 35.9 Å². The van der Waals surface area contributed by atoms with Crippen molar-refractivity contribution in [1.82, 2.24) is 0 Å². The number of halogens is 13. The van der Waals surface area contributed by atoms with Gasteiger partial charge in [0.25, 0.3) is 0 Å². The van der Waals surface area contributed by atoms with Crippen LogP contribution in [0.1, 0.15) is 0 Å². The lowest BCUT2D eigenvalue weighted by Crippen LogP contribution is -2.22. The van der Waals surface area contributed by atoms with Crippen LogP contribution >= 0.6 is 24.4 Å². The zero-order valence-electron chi connectivity index (χ0n) is 27.9. The van der Waals surface area contributed by atoms with Crippen molar-refractivity contribution in [3.8, 4) is 0 Å². The SMILES string of the molecule is NS(=O)(=O)c1c(F)c(F)c(F)c(F)c1F.NS(=O)(=O)c1c(F)c(F)c(S(=O)(=O)CCO)c(F)c1F.NS(=O)(=O)c1c(F)c(F)c(SCCO)c(F)c1F.OCCS.OO. The fourth-order valence-corrected chi connectivity index (χ4v) is 7.22. The second-order valence-electron chi connectivity index (χ2n) is 9.42. The quantitative estimate of drug-likeness (QED) is 0.0265. The predicted molar refractivity (Wildman–Crippen MR) is 176 cm³/mol. The fourth-order valence-electron chi connectivity index (χ4n) is 3.29. The fraction of sp³-hybridized carbons (Fsp3) is 0.250. The van der Waals surface area contributed by atoms with Crippen LogP contribution in [-0.4, -0.2) is 96.6 Å². The Balaban J connectivity index is 0. The number of thiol groups is 1. The first-order valence-electron chi connectivity index (χ1n) is 13.6. The van der Waals surface area contributed by atoms with Crippen molar-refractivity contribution in [2.45, 2.75) is 24.5 Å². The molecule has 0 atom stereocenters. The summed E-state index contributed by atoms with van der Waals surface area (Å²) in [5.74, 6) is -30.7. The van der Waals surface area contributed by atoms with E-state index in [1.165, 1.54) is 0 Å². The van der Waals surface area contributed by atoms with E-state index in [0.29, 0.717) is 17.5 Å². The largest absolute Gasteiger partial charge is 0.396 e. The molecule has 3 rings (SSSR count). The van der Waals surface area contributed by atoms with E-state index in [1.54, 1.807) is 0 Å². The van der Waals surface area contributed by atoms with E-state index in [0.717, 1.165) is 0 Å². The van der Waals surface area contributed by atoms with Gasteiger partial charge < -0.3 is 15.3 Å². The lowest BCUT2D eigenvalue weighted by Gasteiger charge is -2.10. The molecule has 0 fully saturated rings. The Morgan fingerprint density at radius 3 is 0.898 bits per heavy atom. The molecular formula is C24H24F13N3O13S6. The van der Waals surface area contributed by atoms with Crippen LogP contribution in [0.25, 0.3) is 0 Å². The highest BCUT2D eigenvalue weighted by Crippen LogP contribution is 2.33. The van der Waals surface area contributed by atoms with Gasteiger partial charge in [0.05, 0.1) is 30.5 Å². The zero-order chi connectivity index (χ0) is 47.3. The van der Waals surface area contributed by atoms with Gasteiger partial charge in [0.15, 0.2) is 94.3 Å². The Kier molecular flexibility index (Phi) is 23.4. The highest BCUT2D eigenvalue weighted by molar-refractivity contribution is 7.99. The Bertz CT molecular complexity index is 2350. The maximum absolute atomic E-state index is 13.5. The van der Waals surface area contributed by atoms with Crippen molar-refractivity contribution < 1.29 is 117 Å². The Hall–Kier alpha value is -3.07. The summed E-state index contributed by atoms with van der Waals surface area (Å²) in [6.45, 7) is -1.37. The maximum atomic E-state index is 13.5. The lowest BCUT2D eigenvalue weighted by molar-refractivity contribution is -0.176. The number of nitrogens with two attached hydrogens (primary N) is 3. The van der Waals surface area contributed by atoms with Crippen molar-refractivity contribution in [2.75, 3.05) is 37.1 Å². The summed E-state index contributed by atoms with van der Waals surface area (Å²) in [4.78, 5) is -9.07. The minimum Gasteiger partial charge on any atom is -0.396 e. The normalized spacial score (nSPS) is 11.6. The highest BCUT2D eigenvalue weighted by Gasteiger charge is 2.37. The second kappa shape index (κ2) is 23.8. The molecule has 0 spiro atoms. The Labute approximate surface area is 332 Å². The summed E-state index contributed by atoms with van der Waals surface area (Å²) >= 11 is 3.98. The maximum Gasteiger partial charge on any atom is 0.244 e. The van der Waals surface area contributed by atoms with Gasteiger partial charge in [-0.05, 0) is 0 Å². The number of hydrogen-bond donors (Lipinski definition) is 9. The Morgan fingerprint density at radius 1 is 0.424 bits per heavy atom. The zero-order valence-corrected chi connectivity index (χ0v) is 32.9. The van der Waals surface area contributed by atoms with Gasteiger partial charge in [-0.25, -0.2) is 106 Å². The van der Waals surface area contributed by atoms with E-state index in [2.05, 4.69) is 28.0 Å². The van der Waals surface area contributed by atoms with Crippen LogP contribution in [0.2, 0.25) is 0 Å². The molecule has 0 radical (unpaired) electrons. The lowest BCUT2D eigenvalue weighted by atomic mass is 10.3. The van der Waals surface area contributed by atoms with Crippen LogP contribution in [-0.2, 0) is 39.9 Å². The van der Waals surface area contributed by atoms with Crippen molar-refractivity contribution in [1.29, 1.82) is 0 Å². The van der Waals surface area contributed by atoms with Gasteiger partial charge >= 0.3 is 0 Å². The number of sulfone groups is 1. The number of primary sulfonamides is 3. The van der Waals surface area contributed by atoms with E-state index >= 15 is 0 Å². The van der Waals surface area contributed by atoms with Crippen molar-refractivity contribution in [3.63, 3.8) is 0 Å². The van der Waals surface area contributed by atoms with E-state index < -0.39 is 159 Å². The number of aliphatic hydroxyl groups excluding tert-OH is 3. The first kappa shape index (κ1) is 58.0. The van der Waals surface area contributed by atoms with Gasteiger partial charge in [0, 0.05) is 11.5 Å². The third-order valence-corrected chi connectivity index (χ3v) is 11.2. The topological polar surface area (TPSA) is 316 Å². The number of sulfonamides is 3. The monoisotopic (exact) mass is 1000 g/mol. The molecule has 3 aromatic rings. The molecule has 0 unspecified atom stereocenters. The number of aliphatic hydroxyl groups is 3. The number of thioether (sulfide) groups is 1. The summed E-state index contributed by atoms with van der Waals surface area (Å²) in [6.07, 6.45) is 0. The average Bonchev–Trinajstić information content (AvgIpc) is 3.11. The number of rotatable bonds is 10. The van der Waals surface area contributed by atoms with Crippen molar-refractivity contribution in [2.24, 2.45) is 15.4 Å². The van der Waals surface area contributed by atoms with Gasteiger partial charge in [-0.15, -0.1) is 11.8 Å². The summed E-state index contributed by atoms with van der Waals surface area (Å²) in [7, 11) is -20.0. The number of benzene rings is 3. The molecule has 16 nitrogen and oxygen atoms in total. The summed E-state index contributed by atoms with van der Waals surface area (Å²) in [5.41, 5.74) is 0. The Morgan fingerprint density at radius 2 is 0.661 bits per heavy atom. The third kappa shape index (κ3) is 14.8. The highest BCUT2D eigenvalue weighted by atomic mass is 32.2. The van der Waals surface area contributed by atoms with Crippen LogP contribution in [0, 0.1) is 75.6 Å².